The van der Waals surface area contributed by atoms with Crippen molar-refractivity contribution >= 4 is 17.7 Å². The number of nitrogens with zero attached hydrogens (tertiary/aromatic N) is 1. The van der Waals surface area contributed by atoms with Gasteiger partial charge in [-0.1, -0.05) is 17.7 Å². The van der Waals surface area contributed by atoms with Gasteiger partial charge in [0.05, 0.1) is 5.02 Å². The first-order valence-corrected chi connectivity index (χ1v) is 8.28. The number of halogens is 2. The molecule has 0 aliphatic carbocycles. The number of nitrogens with one attached hydrogen (secondary N) is 1. The maximum absolute atomic E-state index is 13.1. The van der Waals surface area contributed by atoms with Gasteiger partial charge in [0.25, 0.3) is 0 Å². The van der Waals surface area contributed by atoms with E-state index in [1.807, 2.05) is 20.8 Å². The summed E-state index contributed by atoms with van der Waals surface area (Å²) in [5.74, 6) is -0.415. The Morgan fingerprint density at radius 3 is 2.87 bits per heavy atom. The minimum absolute atomic E-state index is 0.126. The molecule has 128 valence electrons. The van der Waals surface area contributed by atoms with Crippen LogP contribution in [0.15, 0.2) is 18.2 Å². The lowest BCUT2D eigenvalue weighted by atomic mass is 10.2. The fourth-order valence-corrected chi connectivity index (χ4v) is 2.84. The second kappa shape index (κ2) is 7.49. The van der Waals surface area contributed by atoms with Crippen LogP contribution in [0.1, 0.15) is 39.2 Å². The lowest BCUT2D eigenvalue weighted by Gasteiger charge is -2.28. The van der Waals surface area contributed by atoms with Gasteiger partial charge >= 0.3 is 6.09 Å². The summed E-state index contributed by atoms with van der Waals surface area (Å²) < 4.78 is 18.6. The Balaban J connectivity index is 1.84. The molecule has 1 aromatic carbocycles. The molecule has 4 nitrogen and oxygen atoms in total. The van der Waals surface area contributed by atoms with Crippen LogP contribution in [0.4, 0.5) is 9.18 Å². The molecule has 1 atom stereocenters. The molecular weight excluding hydrogens is 319 g/mol. The Hall–Kier alpha value is -1.33. The number of hydrogen-bond donors (Lipinski definition) is 1. The lowest BCUT2D eigenvalue weighted by Crippen LogP contribution is -2.44. The zero-order valence-corrected chi connectivity index (χ0v) is 14.6. The van der Waals surface area contributed by atoms with E-state index < -0.39 is 11.4 Å². The average Bonchev–Trinajstić information content (AvgIpc) is 2.89. The summed E-state index contributed by atoms with van der Waals surface area (Å²) in [7, 11) is 0. The van der Waals surface area contributed by atoms with Gasteiger partial charge in [-0.25, -0.2) is 9.18 Å². The number of ether oxygens (including phenoxy) is 1. The molecule has 1 heterocycles. The van der Waals surface area contributed by atoms with Gasteiger partial charge in [-0.15, -0.1) is 0 Å². The highest BCUT2D eigenvalue weighted by molar-refractivity contribution is 6.30. The van der Waals surface area contributed by atoms with E-state index in [-0.39, 0.29) is 17.2 Å². The molecule has 0 radical (unpaired) electrons. The largest absolute Gasteiger partial charge is 0.444 e. The van der Waals surface area contributed by atoms with E-state index in [9.17, 15) is 9.18 Å². The normalized spacial score (nSPS) is 18.3. The van der Waals surface area contributed by atoms with Gasteiger partial charge in [-0.2, -0.15) is 0 Å². The van der Waals surface area contributed by atoms with E-state index in [1.165, 1.54) is 6.07 Å². The smallest absolute Gasteiger partial charge is 0.410 e. The van der Waals surface area contributed by atoms with Crippen molar-refractivity contribution in [2.45, 2.75) is 51.8 Å². The maximum Gasteiger partial charge on any atom is 0.410 e. The minimum Gasteiger partial charge on any atom is -0.444 e. The van der Waals surface area contributed by atoms with Crippen LogP contribution in [-0.4, -0.2) is 35.7 Å². The minimum atomic E-state index is -0.484. The topological polar surface area (TPSA) is 41.6 Å². The van der Waals surface area contributed by atoms with Gasteiger partial charge in [0.1, 0.15) is 11.4 Å². The Bertz CT molecular complexity index is 560. The van der Waals surface area contributed by atoms with Gasteiger partial charge in [0.15, 0.2) is 0 Å². The summed E-state index contributed by atoms with van der Waals surface area (Å²) >= 11 is 5.77. The fourth-order valence-electron chi connectivity index (χ4n) is 2.64. The molecule has 1 unspecified atom stereocenters. The van der Waals surface area contributed by atoms with Crippen LogP contribution >= 0.6 is 11.6 Å². The maximum atomic E-state index is 13.1. The predicted molar refractivity (Wildman–Crippen MR) is 89.1 cm³/mol. The van der Waals surface area contributed by atoms with Crippen LogP contribution in [0.5, 0.6) is 0 Å². The Kier molecular flexibility index (Phi) is 5.87. The van der Waals surface area contributed by atoms with E-state index >= 15 is 0 Å². The second-order valence-electron chi connectivity index (χ2n) is 6.85. The van der Waals surface area contributed by atoms with Crippen molar-refractivity contribution in [3.63, 3.8) is 0 Å². The van der Waals surface area contributed by atoms with Gasteiger partial charge in [-0.05, 0) is 51.3 Å². The van der Waals surface area contributed by atoms with E-state index in [0.717, 1.165) is 24.9 Å². The van der Waals surface area contributed by atoms with Crippen LogP contribution in [0.25, 0.3) is 0 Å². The molecule has 1 aromatic rings. The summed E-state index contributed by atoms with van der Waals surface area (Å²) in [6.07, 6.45) is 1.68. The molecule has 23 heavy (non-hydrogen) atoms. The first-order valence-electron chi connectivity index (χ1n) is 7.90. The van der Waals surface area contributed by atoms with Gasteiger partial charge < -0.3 is 15.0 Å². The third-order valence-electron chi connectivity index (χ3n) is 3.70. The SMILES string of the molecule is CC(C)(C)OC(=O)N1CCCC1CNCc1ccc(F)c(Cl)c1. The van der Waals surface area contributed by atoms with E-state index in [2.05, 4.69) is 5.32 Å². The predicted octanol–water partition coefficient (Wildman–Crippen LogP) is 3.97. The molecular formula is C17H24ClFN2O2. The number of hydrogen-bond acceptors (Lipinski definition) is 3. The van der Waals surface area contributed by atoms with E-state index in [0.29, 0.717) is 13.1 Å². The molecule has 0 spiro atoms. The van der Waals surface area contributed by atoms with Crippen LogP contribution in [0, 0.1) is 5.82 Å². The van der Waals surface area contributed by atoms with Crippen molar-refractivity contribution in [1.29, 1.82) is 0 Å². The molecule has 1 fully saturated rings. The Morgan fingerprint density at radius 2 is 2.22 bits per heavy atom. The summed E-state index contributed by atoms with van der Waals surface area (Å²) in [4.78, 5) is 14.0. The molecule has 1 saturated heterocycles. The second-order valence-corrected chi connectivity index (χ2v) is 7.26. The first kappa shape index (κ1) is 18.0. The summed E-state index contributed by atoms with van der Waals surface area (Å²) in [5, 5.41) is 3.43. The number of likely N-dealkylation sites (tertiary alicyclic amines) is 1. The number of carbonyl (C=O) groups is 1. The van der Waals surface area contributed by atoms with Crippen molar-refractivity contribution in [3.8, 4) is 0 Å². The number of rotatable bonds is 4. The van der Waals surface area contributed by atoms with Crippen LogP contribution in [0.2, 0.25) is 5.02 Å². The average molecular weight is 343 g/mol. The van der Waals surface area contributed by atoms with Crippen molar-refractivity contribution in [2.24, 2.45) is 0 Å². The van der Waals surface area contributed by atoms with Crippen LogP contribution in [0.3, 0.4) is 0 Å². The highest BCUT2D eigenvalue weighted by Crippen LogP contribution is 2.21. The van der Waals surface area contributed by atoms with Crippen molar-refractivity contribution < 1.29 is 13.9 Å². The highest BCUT2D eigenvalue weighted by atomic mass is 35.5. The third kappa shape index (κ3) is 5.36. The van der Waals surface area contributed by atoms with Crippen LogP contribution in [-0.2, 0) is 11.3 Å². The Morgan fingerprint density at radius 1 is 1.48 bits per heavy atom. The molecule has 1 amide bonds. The number of benzene rings is 1. The molecule has 2 rings (SSSR count). The molecule has 1 aliphatic heterocycles. The van der Waals surface area contributed by atoms with E-state index in [1.54, 1.807) is 17.0 Å². The quantitative estimate of drug-likeness (QED) is 0.900. The van der Waals surface area contributed by atoms with Gasteiger partial charge in [0.2, 0.25) is 0 Å². The highest BCUT2D eigenvalue weighted by Gasteiger charge is 2.31. The number of carbonyl (C=O) groups excluding carboxylic acids is 1. The molecule has 1 aliphatic rings. The molecule has 6 heteroatoms. The van der Waals surface area contributed by atoms with Gasteiger partial charge in [0, 0.05) is 25.7 Å². The molecule has 1 N–H and O–H groups in total. The molecule has 0 aromatic heterocycles. The van der Waals surface area contributed by atoms with Crippen molar-refractivity contribution in [2.75, 3.05) is 13.1 Å². The summed E-state index contributed by atoms with van der Waals surface area (Å²) in [6, 6.07) is 4.81. The fraction of sp³-hybridized carbons (Fsp3) is 0.588. The Labute approximate surface area is 141 Å². The number of amides is 1. The van der Waals surface area contributed by atoms with Crippen molar-refractivity contribution in [3.05, 3.63) is 34.6 Å². The van der Waals surface area contributed by atoms with Crippen LogP contribution < -0.4 is 5.32 Å². The zero-order chi connectivity index (χ0) is 17.0. The standard InChI is InChI=1S/C17H24ClFN2O2/c1-17(2,3)23-16(22)21-8-4-5-13(21)11-20-10-12-6-7-15(19)14(18)9-12/h6-7,9,13,20H,4-5,8,10-11H2,1-3H3. The lowest BCUT2D eigenvalue weighted by molar-refractivity contribution is 0.0226. The summed E-state index contributed by atoms with van der Waals surface area (Å²) in [6.45, 7) is 7.59. The first-order chi connectivity index (χ1) is 10.8. The third-order valence-corrected chi connectivity index (χ3v) is 3.99. The van der Waals surface area contributed by atoms with Gasteiger partial charge in [-0.3, -0.25) is 0 Å². The monoisotopic (exact) mass is 342 g/mol. The van der Waals surface area contributed by atoms with Crippen molar-refractivity contribution in [1.82, 2.24) is 10.2 Å². The molecule has 0 saturated carbocycles. The summed E-state index contributed by atoms with van der Waals surface area (Å²) in [5.41, 5.74) is 0.431. The van der Waals surface area contributed by atoms with E-state index in [4.69, 9.17) is 16.3 Å². The molecule has 0 bridgehead atoms. The zero-order valence-electron chi connectivity index (χ0n) is 13.9.